The van der Waals surface area contributed by atoms with Crippen LogP contribution in [0.2, 0.25) is 0 Å². The van der Waals surface area contributed by atoms with Crippen molar-refractivity contribution >= 4 is 11.5 Å². The minimum absolute atomic E-state index is 0.000301. The lowest BCUT2D eigenvalue weighted by Gasteiger charge is -2.29. The Morgan fingerprint density at radius 1 is 0.969 bits per heavy atom. The Bertz CT molecular complexity index is 889. The number of aryl methyl sites for hydroxylation is 1. The summed E-state index contributed by atoms with van der Waals surface area (Å²) in [5.41, 5.74) is 3.64. The summed E-state index contributed by atoms with van der Waals surface area (Å²) in [5.74, 6) is 0.0449. The first-order chi connectivity index (χ1) is 14.8. The van der Waals surface area contributed by atoms with Gasteiger partial charge in [-0.2, -0.15) is 26.3 Å². The van der Waals surface area contributed by atoms with Gasteiger partial charge in [-0.05, 0) is 70.5 Å². The average Bonchev–Trinajstić information content (AvgIpc) is 2.68. The van der Waals surface area contributed by atoms with E-state index in [1.807, 2.05) is 0 Å². The maximum absolute atomic E-state index is 12.7. The minimum atomic E-state index is -4.91. The number of hydrogen-bond donors (Lipinski definition) is 2. The molecule has 1 aliphatic rings. The molecule has 0 aliphatic carbocycles. The third kappa shape index (κ3) is 7.54. The quantitative estimate of drug-likeness (QED) is 0.441. The molecule has 1 aromatic carbocycles. The highest BCUT2D eigenvalue weighted by Crippen LogP contribution is 2.37. The van der Waals surface area contributed by atoms with Gasteiger partial charge in [-0.3, -0.25) is 5.32 Å². The molecule has 178 valence electrons. The van der Waals surface area contributed by atoms with Crippen molar-refractivity contribution in [1.82, 2.24) is 15.1 Å². The third-order valence-corrected chi connectivity index (χ3v) is 5.00. The van der Waals surface area contributed by atoms with Gasteiger partial charge >= 0.3 is 12.5 Å². The molecule has 0 radical (unpaired) electrons. The zero-order valence-corrected chi connectivity index (χ0v) is 18.1. The molecule has 5 nitrogen and oxygen atoms in total. The van der Waals surface area contributed by atoms with Crippen LogP contribution in [0.3, 0.4) is 0 Å². The number of anilines is 2. The van der Waals surface area contributed by atoms with E-state index in [1.165, 1.54) is 45.3 Å². The number of aromatic nitrogens is 2. The topological polar surface area (TPSA) is 67.1 Å². The van der Waals surface area contributed by atoms with Crippen molar-refractivity contribution in [3.63, 3.8) is 0 Å². The number of piperidine rings is 1. The van der Waals surface area contributed by atoms with Crippen LogP contribution in [0.25, 0.3) is 11.3 Å². The van der Waals surface area contributed by atoms with Crippen molar-refractivity contribution < 1.29 is 26.3 Å². The Kier molecular flexibility index (Phi) is 8.33. The molecule has 2 heterocycles. The zero-order chi connectivity index (χ0) is 24.1. The maximum atomic E-state index is 12.7. The van der Waals surface area contributed by atoms with Gasteiger partial charge < -0.3 is 10.6 Å². The summed E-state index contributed by atoms with van der Waals surface area (Å²) < 4.78 is 75.9. The lowest BCUT2D eigenvalue weighted by Crippen LogP contribution is -2.35. The van der Waals surface area contributed by atoms with Crippen LogP contribution in [-0.4, -0.2) is 40.5 Å². The van der Waals surface area contributed by atoms with E-state index in [2.05, 4.69) is 28.9 Å². The van der Waals surface area contributed by atoms with E-state index in [9.17, 15) is 26.3 Å². The molecule has 1 aliphatic heterocycles. The molecule has 0 amide bonds. The molecule has 11 heteroatoms. The average molecular weight is 463 g/mol. The van der Waals surface area contributed by atoms with Gasteiger partial charge in [0, 0.05) is 11.6 Å². The number of likely N-dealkylation sites (tertiary alicyclic amines) is 1. The molecular formula is C21H27F6N5. The Hall–Kier alpha value is -2.56. The Labute approximate surface area is 183 Å². The molecule has 3 rings (SSSR count). The van der Waals surface area contributed by atoms with Crippen LogP contribution < -0.4 is 11.1 Å². The standard InChI is InChI=1S/C13H10F6N4.C8H17N/c1-6-4-10(20)22-23-11(6)8-3-2-7(12(14,15)16)5-9(8)21-13(17,18)19;1-8(2)9-6-4-3-5-7-9/h2-5,21H,1H3,(H2,20,22);8H,3-7H2,1-2H3. The monoisotopic (exact) mass is 463 g/mol. The van der Waals surface area contributed by atoms with Crippen molar-refractivity contribution in [3.8, 4) is 11.3 Å². The van der Waals surface area contributed by atoms with Gasteiger partial charge in [-0.1, -0.05) is 12.5 Å². The molecule has 32 heavy (non-hydrogen) atoms. The number of alkyl halides is 6. The largest absolute Gasteiger partial charge is 0.482 e. The molecular weight excluding hydrogens is 436 g/mol. The molecule has 3 N–H and O–H groups in total. The molecule has 2 aromatic rings. The van der Waals surface area contributed by atoms with Crippen LogP contribution in [0.15, 0.2) is 24.3 Å². The van der Waals surface area contributed by atoms with E-state index < -0.39 is 23.7 Å². The van der Waals surface area contributed by atoms with Crippen LogP contribution in [0.5, 0.6) is 0 Å². The number of nitrogens with one attached hydrogen (secondary N) is 1. The predicted octanol–water partition coefficient (Wildman–Crippen LogP) is 5.87. The van der Waals surface area contributed by atoms with E-state index in [0.29, 0.717) is 17.7 Å². The van der Waals surface area contributed by atoms with Crippen LogP contribution >= 0.6 is 0 Å². The fourth-order valence-corrected chi connectivity index (χ4v) is 3.39. The first-order valence-corrected chi connectivity index (χ1v) is 10.2. The summed E-state index contributed by atoms with van der Waals surface area (Å²) in [7, 11) is 0. The van der Waals surface area contributed by atoms with Gasteiger partial charge in [0.15, 0.2) is 0 Å². The molecule has 0 atom stereocenters. The van der Waals surface area contributed by atoms with E-state index >= 15 is 0 Å². The maximum Gasteiger partial charge on any atom is 0.482 e. The summed E-state index contributed by atoms with van der Waals surface area (Å²) in [6.07, 6.45) is -5.41. The van der Waals surface area contributed by atoms with Gasteiger partial charge in [-0.25, -0.2) is 0 Å². The second-order valence-corrected chi connectivity index (χ2v) is 7.87. The van der Waals surface area contributed by atoms with Gasteiger partial charge in [0.25, 0.3) is 0 Å². The second kappa shape index (κ2) is 10.4. The number of rotatable bonds is 3. The molecule has 0 spiro atoms. The smallest absolute Gasteiger partial charge is 0.382 e. The van der Waals surface area contributed by atoms with Crippen LogP contribution in [-0.2, 0) is 6.18 Å². The number of nitrogens with zero attached hydrogens (tertiary/aromatic N) is 3. The SMILES string of the molecule is CC(C)N1CCCCC1.Cc1cc(N)nnc1-c1ccc(C(F)(F)F)cc1NC(F)(F)F. The van der Waals surface area contributed by atoms with E-state index in [-0.39, 0.29) is 17.1 Å². The highest BCUT2D eigenvalue weighted by atomic mass is 19.4. The van der Waals surface area contributed by atoms with Crippen molar-refractivity contribution in [3.05, 3.63) is 35.4 Å². The first kappa shape index (κ1) is 25.7. The van der Waals surface area contributed by atoms with E-state index in [4.69, 9.17) is 5.73 Å². The van der Waals surface area contributed by atoms with Crippen LogP contribution in [0, 0.1) is 6.92 Å². The highest BCUT2D eigenvalue weighted by molar-refractivity contribution is 5.78. The fraction of sp³-hybridized carbons (Fsp3) is 0.524. The van der Waals surface area contributed by atoms with Gasteiger partial charge in [0.2, 0.25) is 0 Å². The highest BCUT2D eigenvalue weighted by Gasteiger charge is 2.34. The lowest BCUT2D eigenvalue weighted by molar-refractivity contribution is -0.137. The molecule has 0 unspecified atom stereocenters. The number of nitrogens with two attached hydrogens (primary N) is 1. The second-order valence-electron chi connectivity index (χ2n) is 7.87. The summed E-state index contributed by atoms with van der Waals surface area (Å²) >= 11 is 0. The van der Waals surface area contributed by atoms with Crippen LogP contribution in [0.4, 0.5) is 37.8 Å². The zero-order valence-electron chi connectivity index (χ0n) is 18.1. The van der Waals surface area contributed by atoms with Crippen LogP contribution in [0.1, 0.15) is 44.2 Å². The van der Waals surface area contributed by atoms with Gasteiger partial charge in [-0.15, -0.1) is 10.2 Å². The minimum Gasteiger partial charge on any atom is -0.382 e. The molecule has 0 saturated carbocycles. The Morgan fingerprint density at radius 3 is 2.06 bits per heavy atom. The third-order valence-electron chi connectivity index (χ3n) is 5.00. The summed E-state index contributed by atoms with van der Waals surface area (Å²) in [5, 5.41) is 8.29. The van der Waals surface area contributed by atoms with Crippen molar-refractivity contribution in [2.75, 3.05) is 24.1 Å². The summed E-state index contributed by atoms with van der Waals surface area (Å²) in [4.78, 5) is 2.56. The van der Waals surface area contributed by atoms with Crippen molar-refractivity contribution in [2.24, 2.45) is 0 Å². The predicted molar refractivity (Wildman–Crippen MR) is 112 cm³/mol. The van der Waals surface area contributed by atoms with E-state index in [1.54, 1.807) is 0 Å². The van der Waals surface area contributed by atoms with E-state index in [0.717, 1.165) is 17.4 Å². The number of nitrogen functional groups attached to an aromatic ring is 1. The molecule has 0 bridgehead atoms. The molecule has 1 saturated heterocycles. The number of hydrogen-bond acceptors (Lipinski definition) is 5. The fourth-order valence-electron chi connectivity index (χ4n) is 3.39. The molecule has 1 fully saturated rings. The van der Waals surface area contributed by atoms with Gasteiger partial charge in [0.05, 0.1) is 16.9 Å². The lowest BCUT2D eigenvalue weighted by atomic mass is 10.0. The molecule has 1 aromatic heterocycles. The summed E-state index contributed by atoms with van der Waals surface area (Å²) in [6, 6.07) is 4.08. The first-order valence-electron chi connectivity index (χ1n) is 10.2. The Morgan fingerprint density at radius 2 is 1.59 bits per heavy atom. The van der Waals surface area contributed by atoms with Gasteiger partial charge in [0.1, 0.15) is 5.82 Å². The van der Waals surface area contributed by atoms with Crippen molar-refractivity contribution in [1.29, 1.82) is 0 Å². The van der Waals surface area contributed by atoms with Crippen molar-refractivity contribution in [2.45, 2.75) is 58.6 Å². The number of halogens is 6. The number of benzene rings is 1. The summed E-state index contributed by atoms with van der Waals surface area (Å²) in [6.45, 7) is 8.74. The normalized spacial score (nSPS) is 15.3. The Balaban J connectivity index is 0.000000336.